The molecular formula is C36H35NO3. The molecule has 5 aromatic rings. The lowest BCUT2D eigenvalue weighted by atomic mass is 9.71. The molecule has 0 amide bonds. The molecule has 0 bridgehead atoms. The van der Waals surface area contributed by atoms with Crippen molar-refractivity contribution >= 4 is 38.8 Å². The Kier molecular flexibility index (Phi) is 6.93. The van der Waals surface area contributed by atoms with Gasteiger partial charge in [-0.3, -0.25) is 0 Å². The van der Waals surface area contributed by atoms with Crippen LogP contribution in [0.3, 0.4) is 0 Å². The number of fused-ring (bicyclic) bond motifs is 2. The van der Waals surface area contributed by atoms with Crippen molar-refractivity contribution in [2.24, 2.45) is 5.41 Å². The van der Waals surface area contributed by atoms with Crippen LogP contribution in [0.5, 0.6) is 5.75 Å². The number of hydrogen-bond acceptors (Lipinski definition) is 2. The number of benzene rings is 4. The molecule has 4 nitrogen and oxygen atoms in total. The second-order valence-electron chi connectivity index (χ2n) is 11.6. The van der Waals surface area contributed by atoms with Gasteiger partial charge in [-0.1, -0.05) is 98.8 Å². The molecule has 0 unspecified atom stereocenters. The number of rotatable bonds is 8. The average Bonchev–Trinajstić information content (AvgIpc) is 3.34. The lowest BCUT2D eigenvalue weighted by molar-refractivity contribution is 0.0690. The van der Waals surface area contributed by atoms with Crippen molar-refractivity contribution in [2.45, 2.75) is 46.0 Å². The zero-order chi connectivity index (χ0) is 27.7. The molecule has 0 aliphatic heterocycles. The van der Waals surface area contributed by atoms with Crippen molar-refractivity contribution in [1.29, 1.82) is 0 Å². The van der Waals surface area contributed by atoms with Crippen LogP contribution >= 0.6 is 0 Å². The van der Waals surface area contributed by atoms with Crippen molar-refractivity contribution in [3.8, 4) is 5.75 Å². The van der Waals surface area contributed by atoms with Gasteiger partial charge in [0.2, 0.25) is 0 Å². The number of aromatic nitrogens is 1. The van der Waals surface area contributed by atoms with Gasteiger partial charge in [0.1, 0.15) is 11.4 Å². The maximum Gasteiger partial charge on any atom is 0.352 e. The maximum atomic E-state index is 12.4. The fourth-order valence-electron chi connectivity index (χ4n) is 6.22. The summed E-state index contributed by atoms with van der Waals surface area (Å²) >= 11 is 0. The summed E-state index contributed by atoms with van der Waals surface area (Å²) in [7, 11) is 0. The van der Waals surface area contributed by atoms with Gasteiger partial charge in [-0.15, -0.1) is 0 Å². The van der Waals surface area contributed by atoms with Crippen LogP contribution < -0.4 is 4.74 Å². The van der Waals surface area contributed by atoms with E-state index in [1.165, 1.54) is 16.7 Å². The van der Waals surface area contributed by atoms with E-state index < -0.39 is 5.97 Å². The number of carboxylic acid groups (broad SMARTS) is 1. The van der Waals surface area contributed by atoms with Gasteiger partial charge >= 0.3 is 5.97 Å². The topological polar surface area (TPSA) is 62.3 Å². The number of aromatic amines is 1. The zero-order valence-corrected chi connectivity index (χ0v) is 23.2. The van der Waals surface area contributed by atoms with E-state index in [1.54, 1.807) is 0 Å². The Morgan fingerprint density at radius 1 is 0.875 bits per heavy atom. The summed E-state index contributed by atoms with van der Waals surface area (Å²) in [5.41, 5.74) is 7.28. The summed E-state index contributed by atoms with van der Waals surface area (Å²) < 4.78 is 6.17. The molecule has 1 aliphatic carbocycles. The van der Waals surface area contributed by atoms with Crippen molar-refractivity contribution in [2.75, 3.05) is 6.61 Å². The molecule has 0 fully saturated rings. The minimum Gasteiger partial charge on any atom is -0.493 e. The molecular weight excluding hydrogens is 494 g/mol. The lowest BCUT2D eigenvalue weighted by Crippen LogP contribution is -2.17. The number of aromatic carboxylic acids is 1. The number of aryl methyl sites for hydroxylation is 1. The molecule has 40 heavy (non-hydrogen) atoms. The number of carboxylic acids is 1. The van der Waals surface area contributed by atoms with Crippen LogP contribution in [-0.4, -0.2) is 22.7 Å². The molecule has 1 aliphatic rings. The predicted molar refractivity (Wildman–Crippen MR) is 164 cm³/mol. The van der Waals surface area contributed by atoms with Crippen LogP contribution in [0.25, 0.3) is 32.8 Å². The van der Waals surface area contributed by atoms with Gasteiger partial charge in [0.25, 0.3) is 0 Å². The number of allylic oxidation sites excluding steroid dienone is 2. The monoisotopic (exact) mass is 529 g/mol. The Morgan fingerprint density at radius 2 is 1.60 bits per heavy atom. The highest BCUT2D eigenvalue weighted by Crippen LogP contribution is 2.47. The molecule has 4 aromatic carbocycles. The smallest absolute Gasteiger partial charge is 0.352 e. The van der Waals surface area contributed by atoms with E-state index in [0.717, 1.165) is 57.8 Å². The third-order valence-electron chi connectivity index (χ3n) is 8.25. The third-order valence-corrected chi connectivity index (χ3v) is 8.25. The Balaban J connectivity index is 1.34. The Bertz CT molecular complexity index is 1720. The minimum atomic E-state index is -0.923. The first kappa shape index (κ1) is 25.9. The molecule has 0 atom stereocenters. The number of para-hydroxylation sites is 1. The summed E-state index contributed by atoms with van der Waals surface area (Å²) in [5.74, 6) is -0.0635. The van der Waals surface area contributed by atoms with Crippen molar-refractivity contribution in [3.63, 3.8) is 0 Å². The first-order chi connectivity index (χ1) is 19.4. The highest BCUT2D eigenvalue weighted by Gasteiger charge is 2.30. The van der Waals surface area contributed by atoms with E-state index in [4.69, 9.17) is 4.74 Å². The number of ether oxygens (including phenoxy) is 1. The van der Waals surface area contributed by atoms with E-state index in [0.29, 0.717) is 19.4 Å². The predicted octanol–water partition coefficient (Wildman–Crippen LogP) is 9.15. The van der Waals surface area contributed by atoms with Crippen molar-refractivity contribution < 1.29 is 14.6 Å². The van der Waals surface area contributed by atoms with E-state index in [2.05, 4.69) is 85.6 Å². The number of nitrogens with one attached hydrogen (secondary N) is 1. The average molecular weight is 530 g/mol. The molecule has 202 valence electrons. The summed E-state index contributed by atoms with van der Waals surface area (Å²) in [6.45, 7) is 5.16. The Labute approximate surface area is 235 Å². The summed E-state index contributed by atoms with van der Waals surface area (Å²) in [4.78, 5) is 15.7. The largest absolute Gasteiger partial charge is 0.493 e. The molecule has 4 heteroatoms. The zero-order valence-electron chi connectivity index (χ0n) is 23.2. The van der Waals surface area contributed by atoms with E-state index in [-0.39, 0.29) is 11.1 Å². The Hall–Kier alpha value is -4.31. The van der Waals surface area contributed by atoms with Gasteiger partial charge in [0.15, 0.2) is 0 Å². The number of H-pyrrole nitrogens is 1. The first-order valence-corrected chi connectivity index (χ1v) is 14.2. The second-order valence-corrected chi connectivity index (χ2v) is 11.6. The quantitative estimate of drug-likeness (QED) is 0.197. The van der Waals surface area contributed by atoms with Gasteiger partial charge in [0.05, 0.1) is 12.1 Å². The summed E-state index contributed by atoms with van der Waals surface area (Å²) in [5, 5.41) is 13.4. The van der Waals surface area contributed by atoms with Gasteiger partial charge < -0.3 is 14.8 Å². The molecule has 1 aromatic heterocycles. The van der Waals surface area contributed by atoms with Gasteiger partial charge in [0, 0.05) is 16.3 Å². The van der Waals surface area contributed by atoms with Crippen LogP contribution in [0.1, 0.15) is 66.7 Å². The molecule has 0 spiro atoms. The van der Waals surface area contributed by atoms with Gasteiger partial charge in [-0.05, 0) is 71.2 Å². The fourth-order valence-corrected chi connectivity index (χ4v) is 6.22. The molecule has 2 N–H and O–H groups in total. The first-order valence-electron chi connectivity index (χ1n) is 14.2. The SMILES string of the molecule is CC1(C)CCC(c2ccccc2)=C(c2cccc3c(CCCOc4cccc5ccccc45)c(C(=O)O)[nH]c23)C1. The minimum absolute atomic E-state index is 0.180. The van der Waals surface area contributed by atoms with E-state index in [1.807, 2.05) is 24.3 Å². The number of carbonyl (C=O) groups is 1. The highest BCUT2D eigenvalue weighted by atomic mass is 16.5. The van der Waals surface area contributed by atoms with Crippen molar-refractivity contribution in [1.82, 2.24) is 4.98 Å². The van der Waals surface area contributed by atoms with Crippen LogP contribution in [-0.2, 0) is 6.42 Å². The van der Waals surface area contributed by atoms with Gasteiger partial charge in [-0.2, -0.15) is 0 Å². The standard InChI is InChI=1S/C36H35NO3/c1-36(2)21-20-26(24-11-4-3-5-12-24)31(23-36)30-17-9-16-28-29(34(35(38)39)37-33(28)30)18-10-22-40-32-19-8-14-25-13-6-7-15-27(25)32/h3-9,11-17,19,37H,10,18,20-23H2,1-2H3,(H,38,39). The van der Waals surface area contributed by atoms with E-state index in [9.17, 15) is 9.90 Å². The fraction of sp³-hybridized carbons (Fsp3) is 0.250. The molecule has 6 rings (SSSR count). The van der Waals surface area contributed by atoms with Gasteiger partial charge in [-0.25, -0.2) is 4.79 Å². The summed E-state index contributed by atoms with van der Waals surface area (Å²) in [6, 6.07) is 31.2. The molecule has 1 heterocycles. The Morgan fingerprint density at radius 3 is 2.42 bits per heavy atom. The maximum absolute atomic E-state index is 12.4. The second kappa shape index (κ2) is 10.7. The molecule has 0 radical (unpaired) electrons. The van der Waals surface area contributed by atoms with Crippen LogP contribution in [0.15, 0.2) is 91.0 Å². The number of hydrogen-bond donors (Lipinski definition) is 2. The highest BCUT2D eigenvalue weighted by molar-refractivity contribution is 6.05. The third kappa shape index (κ3) is 5.02. The van der Waals surface area contributed by atoms with Crippen LogP contribution in [0.4, 0.5) is 0 Å². The molecule has 0 saturated heterocycles. The summed E-state index contributed by atoms with van der Waals surface area (Å²) in [6.07, 6.45) is 4.42. The van der Waals surface area contributed by atoms with Crippen molar-refractivity contribution in [3.05, 3.63) is 113 Å². The van der Waals surface area contributed by atoms with Crippen LogP contribution in [0.2, 0.25) is 0 Å². The van der Waals surface area contributed by atoms with Crippen LogP contribution in [0, 0.1) is 5.41 Å². The lowest BCUT2D eigenvalue weighted by Gasteiger charge is -2.34. The normalized spacial score (nSPS) is 15.1. The molecule has 0 saturated carbocycles. The van der Waals surface area contributed by atoms with E-state index >= 15 is 0 Å².